The average molecular weight is 308 g/mol. The topological polar surface area (TPSA) is 42.0 Å². The number of amides is 1. The third-order valence-corrected chi connectivity index (χ3v) is 3.99. The summed E-state index contributed by atoms with van der Waals surface area (Å²) in [6, 6.07) is 15.4. The third kappa shape index (κ3) is 3.06. The van der Waals surface area contributed by atoms with Crippen LogP contribution < -0.4 is 5.32 Å². The van der Waals surface area contributed by atoms with Gasteiger partial charge in [-0.15, -0.1) is 0 Å². The molecule has 3 aromatic rings. The number of anilines is 1. The van der Waals surface area contributed by atoms with Crippen LogP contribution in [-0.4, -0.2) is 10.9 Å². The Balaban J connectivity index is 1.85. The van der Waals surface area contributed by atoms with Crippen LogP contribution in [0.25, 0.3) is 10.9 Å². The Morgan fingerprint density at radius 2 is 1.83 bits per heavy atom. The van der Waals surface area contributed by atoms with Crippen LogP contribution in [0.4, 0.5) is 10.1 Å². The van der Waals surface area contributed by atoms with E-state index in [1.807, 2.05) is 44.2 Å². The fraction of sp³-hybridized carbons (Fsp3) is 0.158. The summed E-state index contributed by atoms with van der Waals surface area (Å²) < 4.78 is 13.1. The van der Waals surface area contributed by atoms with Crippen LogP contribution in [0, 0.1) is 5.82 Å². The Morgan fingerprint density at radius 1 is 1.09 bits per heavy atom. The smallest absolute Gasteiger partial charge is 0.234 e. The van der Waals surface area contributed by atoms with Crippen molar-refractivity contribution in [3.05, 3.63) is 72.2 Å². The van der Waals surface area contributed by atoms with Crippen LogP contribution in [0.2, 0.25) is 0 Å². The number of carbonyl (C=O) groups is 1. The molecule has 1 aromatic heterocycles. The highest BCUT2D eigenvalue weighted by molar-refractivity contribution is 5.99. The molecule has 23 heavy (non-hydrogen) atoms. The van der Waals surface area contributed by atoms with E-state index in [9.17, 15) is 9.18 Å². The summed E-state index contributed by atoms with van der Waals surface area (Å²) in [4.78, 5) is 16.9. The molecule has 3 nitrogen and oxygen atoms in total. The van der Waals surface area contributed by atoms with E-state index in [4.69, 9.17) is 0 Å². The van der Waals surface area contributed by atoms with Crippen molar-refractivity contribution in [1.82, 2.24) is 4.98 Å². The first kappa shape index (κ1) is 15.2. The lowest BCUT2D eigenvalue weighted by Crippen LogP contribution is -2.34. The second-order valence-corrected chi connectivity index (χ2v) is 6.00. The molecule has 0 aliphatic heterocycles. The molecule has 3 rings (SSSR count). The highest BCUT2D eigenvalue weighted by Gasteiger charge is 2.29. The number of hydrogen-bond donors (Lipinski definition) is 1. The van der Waals surface area contributed by atoms with E-state index < -0.39 is 5.41 Å². The van der Waals surface area contributed by atoms with Gasteiger partial charge in [-0.2, -0.15) is 0 Å². The molecule has 0 saturated carbocycles. The molecule has 4 heteroatoms. The monoisotopic (exact) mass is 308 g/mol. The molecular formula is C19H17FN2O. The van der Waals surface area contributed by atoms with Crippen molar-refractivity contribution < 1.29 is 9.18 Å². The Morgan fingerprint density at radius 3 is 2.57 bits per heavy atom. The lowest BCUT2D eigenvalue weighted by Gasteiger charge is -2.24. The lowest BCUT2D eigenvalue weighted by molar-refractivity contribution is -0.120. The van der Waals surface area contributed by atoms with E-state index in [1.54, 1.807) is 18.3 Å². The molecule has 0 saturated heterocycles. The number of fused-ring (bicyclic) bond motifs is 1. The molecule has 1 amide bonds. The molecule has 1 heterocycles. The van der Waals surface area contributed by atoms with E-state index in [1.165, 1.54) is 12.1 Å². The molecule has 0 spiro atoms. The summed E-state index contributed by atoms with van der Waals surface area (Å²) in [6.45, 7) is 3.64. The highest BCUT2D eigenvalue weighted by Crippen LogP contribution is 2.26. The van der Waals surface area contributed by atoms with Gasteiger partial charge in [0.15, 0.2) is 0 Å². The highest BCUT2D eigenvalue weighted by atomic mass is 19.1. The molecule has 116 valence electrons. The summed E-state index contributed by atoms with van der Waals surface area (Å²) in [5, 5.41) is 3.89. The first-order chi connectivity index (χ1) is 11.0. The minimum absolute atomic E-state index is 0.146. The first-order valence-electron chi connectivity index (χ1n) is 7.39. The van der Waals surface area contributed by atoms with Crippen LogP contribution in [-0.2, 0) is 10.2 Å². The maximum atomic E-state index is 13.1. The van der Waals surface area contributed by atoms with Crippen molar-refractivity contribution in [3.8, 4) is 0 Å². The summed E-state index contributed by atoms with van der Waals surface area (Å²) in [5.74, 6) is -0.459. The molecule has 0 bridgehead atoms. The Hall–Kier alpha value is -2.75. The number of nitrogens with one attached hydrogen (secondary N) is 1. The van der Waals surface area contributed by atoms with Gasteiger partial charge in [-0.1, -0.05) is 18.2 Å². The SMILES string of the molecule is CC(C)(C(=O)Nc1ccc2ncccc2c1)c1ccc(F)cc1. The van der Waals surface area contributed by atoms with Crippen molar-refractivity contribution in [2.75, 3.05) is 5.32 Å². The number of nitrogens with zero attached hydrogens (tertiary/aromatic N) is 1. The van der Waals surface area contributed by atoms with Crippen molar-refractivity contribution in [2.45, 2.75) is 19.3 Å². The molecule has 0 atom stereocenters. The molecule has 0 unspecified atom stereocenters. The third-order valence-electron chi connectivity index (χ3n) is 3.99. The van der Waals surface area contributed by atoms with Gasteiger partial charge in [-0.3, -0.25) is 9.78 Å². The zero-order valence-electron chi connectivity index (χ0n) is 13.0. The van der Waals surface area contributed by atoms with E-state index in [0.717, 1.165) is 16.5 Å². The van der Waals surface area contributed by atoms with Gasteiger partial charge in [0.05, 0.1) is 10.9 Å². The fourth-order valence-corrected chi connectivity index (χ4v) is 2.44. The van der Waals surface area contributed by atoms with Gasteiger partial charge in [0.25, 0.3) is 0 Å². The van der Waals surface area contributed by atoms with Crippen LogP contribution >= 0.6 is 0 Å². The quantitative estimate of drug-likeness (QED) is 0.784. The van der Waals surface area contributed by atoms with Crippen LogP contribution in [0.15, 0.2) is 60.8 Å². The van der Waals surface area contributed by atoms with Crippen molar-refractivity contribution in [3.63, 3.8) is 0 Å². The van der Waals surface area contributed by atoms with Gasteiger partial charge in [0.2, 0.25) is 5.91 Å². The van der Waals surface area contributed by atoms with Gasteiger partial charge >= 0.3 is 0 Å². The fourth-order valence-electron chi connectivity index (χ4n) is 2.44. The minimum atomic E-state index is -0.766. The van der Waals surface area contributed by atoms with E-state index >= 15 is 0 Å². The number of carbonyl (C=O) groups excluding carboxylic acids is 1. The molecule has 2 aromatic carbocycles. The van der Waals surface area contributed by atoms with Gasteiger partial charge in [-0.05, 0) is 55.8 Å². The molecule has 1 N–H and O–H groups in total. The first-order valence-corrected chi connectivity index (χ1v) is 7.39. The average Bonchev–Trinajstić information content (AvgIpc) is 2.55. The zero-order valence-corrected chi connectivity index (χ0v) is 13.0. The van der Waals surface area contributed by atoms with Crippen molar-refractivity contribution >= 4 is 22.5 Å². The van der Waals surface area contributed by atoms with E-state index in [2.05, 4.69) is 10.3 Å². The standard InChI is InChI=1S/C19H17FN2O/c1-19(2,14-5-7-15(20)8-6-14)18(23)22-16-9-10-17-13(12-16)4-3-11-21-17/h3-12H,1-2H3,(H,22,23). The van der Waals surface area contributed by atoms with Crippen LogP contribution in [0.5, 0.6) is 0 Å². The number of halogens is 1. The maximum Gasteiger partial charge on any atom is 0.234 e. The lowest BCUT2D eigenvalue weighted by atomic mass is 9.83. The number of benzene rings is 2. The molecule has 0 fully saturated rings. The molecule has 0 radical (unpaired) electrons. The van der Waals surface area contributed by atoms with Gasteiger partial charge in [-0.25, -0.2) is 4.39 Å². The van der Waals surface area contributed by atoms with Gasteiger partial charge in [0, 0.05) is 17.3 Å². The number of hydrogen-bond acceptors (Lipinski definition) is 2. The number of rotatable bonds is 3. The molecule has 0 aliphatic carbocycles. The largest absolute Gasteiger partial charge is 0.325 e. The van der Waals surface area contributed by atoms with Gasteiger partial charge < -0.3 is 5.32 Å². The number of pyridine rings is 1. The minimum Gasteiger partial charge on any atom is -0.325 e. The van der Waals surface area contributed by atoms with Crippen LogP contribution in [0.3, 0.4) is 0 Å². The summed E-state index contributed by atoms with van der Waals surface area (Å²) in [5.41, 5.74) is 1.59. The normalized spacial score (nSPS) is 11.4. The van der Waals surface area contributed by atoms with Gasteiger partial charge in [0.1, 0.15) is 5.82 Å². The van der Waals surface area contributed by atoms with E-state index in [0.29, 0.717) is 5.69 Å². The summed E-state index contributed by atoms with van der Waals surface area (Å²) in [7, 11) is 0. The second kappa shape index (κ2) is 5.80. The Kier molecular flexibility index (Phi) is 3.82. The Bertz CT molecular complexity index is 857. The van der Waals surface area contributed by atoms with Crippen molar-refractivity contribution in [2.24, 2.45) is 0 Å². The molecular weight excluding hydrogens is 291 g/mol. The zero-order chi connectivity index (χ0) is 16.4. The Labute approximate surface area is 134 Å². The summed E-state index contributed by atoms with van der Waals surface area (Å²) >= 11 is 0. The van der Waals surface area contributed by atoms with Crippen molar-refractivity contribution in [1.29, 1.82) is 0 Å². The maximum absolute atomic E-state index is 13.1. The predicted molar refractivity (Wildman–Crippen MR) is 89.8 cm³/mol. The predicted octanol–water partition coefficient (Wildman–Crippen LogP) is 4.29. The number of aromatic nitrogens is 1. The van der Waals surface area contributed by atoms with Crippen LogP contribution in [0.1, 0.15) is 19.4 Å². The summed E-state index contributed by atoms with van der Waals surface area (Å²) in [6.07, 6.45) is 1.73. The molecule has 0 aliphatic rings. The second-order valence-electron chi connectivity index (χ2n) is 6.00. The van der Waals surface area contributed by atoms with E-state index in [-0.39, 0.29) is 11.7 Å².